The second kappa shape index (κ2) is 3.17. The molecule has 0 aromatic rings. The van der Waals surface area contributed by atoms with E-state index in [1.165, 1.54) is 6.92 Å². The van der Waals surface area contributed by atoms with Gasteiger partial charge in [-0.15, -0.1) is 0 Å². The van der Waals surface area contributed by atoms with E-state index in [1.807, 2.05) is 0 Å². The molecular formula is C6H13NO4. The maximum Gasteiger partial charge on any atom is 0.320 e. The Kier molecular flexibility index (Phi) is 2.98. The Hall–Kier alpha value is -0.650. The Morgan fingerprint density at radius 1 is 1.55 bits per heavy atom. The van der Waals surface area contributed by atoms with E-state index in [0.29, 0.717) is 0 Å². The highest BCUT2D eigenvalue weighted by Crippen LogP contribution is 2.15. The fraction of sp³-hybridized carbons (Fsp3) is 0.833. The van der Waals surface area contributed by atoms with Gasteiger partial charge in [0.05, 0.1) is 0 Å². The molecule has 0 aliphatic rings. The maximum absolute atomic E-state index is 10.2. The van der Waals surface area contributed by atoms with Gasteiger partial charge in [-0.3, -0.25) is 4.79 Å². The molecule has 2 unspecified atom stereocenters. The lowest BCUT2D eigenvalue weighted by Crippen LogP contribution is -2.48. The zero-order chi connectivity index (χ0) is 9.23. The van der Waals surface area contributed by atoms with Crippen LogP contribution < -0.4 is 5.73 Å². The molecule has 5 nitrogen and oxygen atoms in total. The van der Waals surface area contributed by atoms with E-state index in [4.69, 9.17) is 21.1 Å². The summed E-state index contributed by atoms with van der Waals surface area (Å²) in [6, 6.07) is -1.25. The predicted octanol–water partition coefficient (Wildman–Crippen LogP) is -1.26. The van der Waals surface area contributed by atoms with E-state index < -0.39 is 23.7 Å². The monoisotopic (exact) mass is 163 g/mol. The van der Waals surface area contributed by atoms with Crippen LogP contribution in [0.3, 0.4) is 0 Å². The number of aliphatic hydroxyl groups is 2. The van der Waals surface area contributed by atoms with Gasteiger partial charge in [-0.25, -0.2) is 0 Å². The molecule has 0 aliphatic heterocycles. The molecular weight excluding hydrogens is 150 g/mol. The van der Waals surface area contributed by atoms with E-state index in [1.54, 1.807) is 0 Å². The summed E-state index contributed by atoms with van der Waals surface area (Å²) in [5, 5.41) is 26.2. The van der Waals surface area contributed by atoms with Gasteiger partial charge in [0, 0.05) is 5.92 Å². The summed E-state index contributed by atoms with van der Waals surface area (Å²) in [5.41, 5.74) is 5.13. The molecule has 0 spiro atoms. The maximum atomic E-state index is 10.2. The Morgan fingerprint density at radius 2 is 1.91 bits per heavy atom. The van der Waals surface area contributed by atoms with Crippen LogP contribution in [0.15, 0.2) is 0 Å². The number of carbonyl (C=O) groups is 1. The van der Waals surface area contributed by atoms with E-state index >= 15 is 0 Å². The average Bonchev–Trinajstić information content (AvgIpc) is 1.82. The fourth-order valence-corrected chi connectivity index (χ4v) is 0.554. The number of nitrogens with two attached hydrogens (primary N) is 1. The predicted molar refractivity (Wildman–Crippen MR) is 37.6 cm³/mol. The number of hydrogen-bond acceptors (Lipinski definition) is 4. The first-order valence-corrected chi connectivity index (χ1v) is 3.20. The van der Waals surface area contributed by atoms with Crippen LogP contribution in [0.4, 0.5) is 0 Å². The van der Waals surface area contributed by atoms with Gasteiger partial charge < -0.3 is 21.1 Å². The minimum atomic E-state index is -2.04. The summed E-state index contributed by atoms with van der Waals surface area (Å²) < 4.78 is 0. The van der Waals surface area contributed by atoms with Crippen molar-refractivity contribution in [3.05, 3.63) is 0 Å². The average molecular weight is 163 g/mol. The van der Waals surface area contributed by atoms with Crippen LogP contribution in [-0.4, -0.2) is 33.1 Å². The third-order valence-electron chi connectivity index (χ3n) is 1.69. The van der Waals surface area contributed by atoms with E-state index in [2.05, 4.69) is 0 Å². The Labute approximate surface area is 64.4 Å². The second-order valence-electron chi connectivity index (χ2n) is 2.75. The number of carboxylic acids is 1. The van der Waals surface area contributed by atoms with Crippen molar-refractivity contribution in [2.24, 2.45) is 11.7 Å². The molecule has 0 rings (SSSR count). The van der Waals surface area contributed by atoms with Crippen molar-refractivity contribution >= 4 is 5.97 Å². The Bertz CT molecular complexity index is 151. The second-order valence-corrected chi connectivity index (χ2v) is 2.75. The summed E-state index contributed by atoms with van der Waals surface area (Å²) in [7, 11) is 0. The van der Waals surface area contributed by atoms with Gasteiger partial charge in [0.1, 0.15) is 6.04 Å². The van der Waals surface area contributed by atoms with E-state index in [0.717, 1.165) is 6.92 Å². The van der Waals surface area contributed by atoms with E-state index in [9.17, 15) is 4.79 Å². The summed E-state index contributed by atoms with van der Waals surface area (Å²) in [6.07, 6.45) is 0. The molecule has 0 aromatic heterocycles. The van der Waals surface area contributed by atoms with Gasteiger partial charge in [0.25, 0.3) is 0 Å². The molecule has 0 saturated carbocycles. The van der Waals surface area contributed by atoms with Gasteiger partial charge in [-0.05, 0) is 6.92 Å². The molecule has 0 saturated heterocycles. The van der Waals surface area contributed by atoms with Crippen molar-refractivity contribution in [3.8, 4) is 0 Å². The lowest BCUT2D eigenvalue weighted by molar-refractivity contribution is -0.190. The lowest BCUT2D eigenvalue weighted by atomic mass is 9.94. The van der Waals surface area contributed by atoms with Gasteiger partial charge >= 0.3 is 5.97 Å². The SMILES string of the molecule is CC(C(N)C(=O)O)C(C)(O)O. The number of rotatable bonds is 3. The van der Waals surface area contributed by atoms with Crippen LogP contribution >= 0.6 is 0 Å². The normalized spacial score (nSPS) is 17.5. The highest BCUT2D eigenvalue weighted by molar-refractivity contribution is 5.73. The molecule has 0 fully saturated rings. The summed E-state index contributed by atoms with van der Waals surface area (Å²) in [4.78, 5) is 10.2. The summed E-state index contributed by atoms with van der Waals surface area (Å²) in [6.45, 7) is 2.46. The third-order valence-corrected chi connectivity index (χ3v) is 1.69. The Balaban J connectivity index is 4.25. The van der Waals surface area contributed by atoms with Crippen molar-refractivity contribution < 1.29 is 20.1 Å². The standard InChI is InChI=1S/C6H13NO4/c1-3(6(2,10)11)4(7)5(8)9/h3-4,10-11H,7H2,1-2H3,(H,8,9). The van der Waals surface area contributed by atoms with Gasteiger partial charge in [-0.2, -0.15) is 0 Å². The number of aliphatic carboxylic acids is 1. The van der Waals surface area contributed by atoms with Crippen molar-refractivity contribution in [2.75, 3.05) is 0 Å². The quantitative estimate of drug-likeness (QED) is 0.388. The van der Waals surface area contributed by atoms with Crippen LogP contribution in [0, 0.1) is 5.92 Å². The third kappa shape index (κ3) is 2.83. The topological polar surface area (TPSA) is 104 Å². The van der Waals surface area contributed by atoms with Crippen molar-refractivity contribution in [3.63, 3.8) is 0 Å². The molecule has 0 bridgehead atoms. The van der Waals surface area contributed by atoms with Gasteiger partial charge in [0.2, 0.25) is 0 Å². The zero-order valence-corrected chi connectivity index (χ0v) is 6.48. The fourth-order valence-electron chi connectivity index (χ4n) is 0.554. The molecule has 0 aliphatic carbocycles. The van der Waals surface area contributed by atoms with Crippen molar-refractivity contribution in [2.45, 2.75) is 25.7 Å². The highest BCUT2D eigenvalue weighted by Gasteiger charge is 2.33. The zero-order valence-electron chi connectivity index (χ0n) is 6.48. The van der Waals surface area contributed by atoms with Crippen LogP contribution in [0.5, 0.6) is 0 Å². The first-order chi connectivity index (χ1) is 4.76. The smallest absolute Gasteiger partial charge is 0.320 e. The van der Waals surface area contributed by atoms with Crippen LogP contribution in [0.25, 0.3) is 0 Å². The van der Waals surface area contributed by atoms with Crippen molar-refractivity contribution in [1.29, 1.82) is 0 Å². The summed E-state index contributed by atoms with van der Waals surface area (Å²) in [5.74, 6) is -4.19. The van der Waals surface area contributed by atoms with Gasteiger partial charge in [-0.1, -0.05) is 6.92 Å². The van der Waals surface area contributed by atoms with E-state index in [-0.39, 0.29) is 0 Å². The molecule has 11 heavy (non-hydrogen) atoms. The molecule has 5 N–H and O–H groups in total. The first kappa shape index (κ1) is 10.3. The minimum Gasteiger partial charge on any atom is -0.480 e. The molecule has 5 heteroatoms. The molecule has 0 aromatic carbocycles. The molecule has 2 atom stereocenters. The Morgan fingerprint density at radius 3 is 2.00 bits per heavy atom. The molecule has 0 heterocycles. The van der Waals surface area contributed by atoms with Crippen LogP contribution in [0.2, 0.25) is 0 Å². The van der Waals surface area contributed by atoms with Crippen molar-refractivity contribution in [1.82, 2.24) is 0 Å². The molecule has 0 radical (unpaired) electrons. The summed E-state index contributed by atoms with van der Waals surface area (Å²) >= 11 is 0. The van der Waals surface area contributed by atoms with Crippen LogP contribution in [-0.2, 0) is 4.79 Å². The minimum absolute atomic E-state index is 0.903. The largest absolute Gasteiger partial charge is 0.480 e. The molecule has 0 amide bonds. The number of hydrogen-bond donors (Lipinski definition) is 4. The molecule has 66 valence electrons. The highest BCUT2D eigenvalue weighted by atomic mass is 16.5. The van der Waals surface area contributed by atoms with Gasteiger partial charge in [0.15, 0.2) is 5.79 Å². The lowest BCUT2D eigenvalue weighted by Gasteiger charge is -2.26. The number of carboxylic acid groups (broad SMARTS) is 1. The first-order valence-electron chi connectivity index (χ1n) is 3.20. The van der Waals surface area contributed by atoms with Crippen LogP contribution in [0.1, 0.15) is 13.8 Å².